The lowest BCUT2D eigenvalue weighted by atomic mass is 10.2. The largest absolute Gasteiger partial charge is 0.489 e. The van der Waals surface area contributed by atoms with Crippen molar-refractivity contribution in [3.8, 4) is 5.75 Å². The lowest BCUT2D eigenvalue weighted by Gasteiger charge is -2.09. The zero-order valence-electron chi connectivity index (χ0n) is 15.2. The van der Waals surface area contributed by atoms with Crippen molar-refractivity contribution in [3.05, 3.63) is 94.0 Å². The summed E-state index contributed by atoms with van der Waals surface area (Å²) in [5, 5.41) is 2.97. The van der Waals surface area contributed by atoms with Gasteiger partial charge >= 0.3 is 5.97 Å². The van der Waals surface area contributed by atoms with E-state index in [1.165, 1.54) is 6.07 Å². The van der Waals surface area contributed by atoms with Gasteiger partial charge in [-0.2, -0.15) is 0 Å². The van der Waals surface area contributed by atoms with Gasteiger partial charge in [0.15, 0.2) is 6.61 Å². The number of esters is 1. The number of carbonyl (C=O) groups excluding carboxylic acids is 2. The molecule has 0 bridgehead atoms. The van der Waals surface area contributed by atoms with Crippen LogP contribution in [-0.4, -0.2) is 18.5 Å². The molecule has 0 aliphatic heterocycles. The smallest absolute Gasteiger partial charge is 0.340 e. The standard InChI is InChI=1S/C22H17Cl2NO4/c23-19-8-4-7-18(21(19)24)22(27)29-14-20(26)25-16-9-11-17(12-10-16)28-13-15-5-2-1-3-6-15/h1-12H,13-14H2,(H,25,26). The van der Waals surface area contributed by atoms with Gasteiger partial charge in [0, 0.05) is 5.69 Å². The maximum atomic E-state index is 12.0. The van der Waals surface area contributed by atoms with E-state index in [1.807, 2.05) is 30.3 Å². The highest BCUT2D eigenvalue weighted by Gasteiger charge is 2.15. The Balaban J connectivity index is 1.48. The van der Waals surface area contributed by atoms with Crippen molar-refractivity contribution in [3.63, 3.8) is 0 Å². The summed E-state index contributed by atoms with van der Waals surface area (Å²) in [5.41, 5.74) is 1.72. The van der Waals surface area contributed by atoms with E-state index in [-0.39, 0.29) is 15.6 Å². The second kappa shape index (κ2) is 9.96. The zero-order valence-corrected chi connectivity index (χ0v) is 16.7. The number of benzene rings is 3. The minimum absolute atomic E-state index is 0.0886. The Morgan fingerprint density at radius 2 is 1.59 bits per heavy atom. The van der Waals surface area contributed by atoms with Crippen LogP contribution in [0.2, 0.25) is 10.0 Å². The number of carbonyl (C=O) groups is 2. The Hall–Kier alpha value is -3.02. The maximum Gasteiger partial charge on any atom is 0.340 e. The monoisotopic (exact) mass is 429 g/mol. The summed E-state index contributed by atoms with van der Waals surface area (Å²) in [4.78, 5) is 24.1. The number of rotatable bonds is 7. The number of anilines is 1. The lowest BCUT2D eigenvalue weighted by molar-refractivity contribution is -0.119. The number of halogens is 2. The van der Waals surface area contributed by atoms with Crippen LogP contribution >= 0.6 is 23.2 Å². The third-order valence-electron chi connectivity index (χ3n) is 3.89. The first-order chi connectivity index (χ1) is 14.0. The van der Waals surface area contributed by atoms with Gasteiger partial charge in [-0.15, -0.1) is 0 Å². The Morgan fingerprint density at radius 1 is 0.862 bits per heavy atom. The molecule has 1 N–H and O–H groups in total. The minimum atomic E-state index is -0.725. The first kappa shape index (κ1) is 20.7. The van der Waals surface area contributed by atoms with Gasteiger partial charge in [0.1, 0.15) is 12.4 Å². The molecule has 3 rings (SSSR count). The molecule has 0 fully saturated rings. The third kappa shape index (κ3) is 5.98. The van der Waals surface area contributed by atoms with Crippen molar-refractivity contribution in [1.82, 2.24) is 0 Å². The Labute approximate surface area is 178 Å². The van der Waals surface area contributed by atoms with E-state index in [0.29, 0.717) is 18.0 Å². The van der Waals surface area contributed by atoms with E-state index < -0.39 is 18.5 Å². The molecule has 1 amide bonds. The molecule has 5 nitrogen and oxygen atoms in total. The molecule has 3 aromatic rings. The highest BCUT2D eigenvalue weighted by atomic mass is 35.5. The molecule has 0 saturated carbocycles. The van der Waals surface area contributed by atoms with E-state index in [4.69, 9.17) is 32.7 Å². The summed E-state index contributed by atoms with van der Waals surface area (Å²) in [6.07, 6.45) is 0. The quantitative estimate of drug-likeness (QED) is 0.512. The molecule has 0 aromatic heterocycles. The molecule has 3 aromatic carbocycles. The van der Waals surface area contributed by atoms with Crippen LogP contribution in [0.4, 0.5) is 5.69 Å². The Morgan fingerprint density at radius 3 is 2.31 bits per heavy atom. The van der Waals surface area contributed by atoms with Crippen molar-refractivity contribution < 1.29 is 19.1 Å². The SMILES string of the molecule is O=C(COC(=O)c1cccc(Cl)c1Cl)Nc1ccc(OCc2ccccc2)cc1. The minimum Gasteiger partial charge on any atom is -0.489 e. The van der Waals surface area contributed by atoms with Gasteiger partial charge in [-0.1, -0.05) is 59.6 Å². The summed E-state index contributed by atoms with van der Waals surface area (Å²) in [6, 6.07) is 21.3. The Kier molecular flexibility index (Phi) is 7.11. The molecule has 7 heteroatoms. The van der Waals surface area contributed by atoms with Crippen LogP contribution in [0, 0.1) is 0 Å². The van der Waals surface area contributed by atoms with Gasteiger partial charge in [-0.25, -0.2) is 4.79 Å². The number of hydrogen-bond donors (Lipinski definition) is 1. The van der Waals surface area contributed by atoms with Gasteiger partial charge in [-0.05, 0) is 42.0 Å². The van der Waals surface area contributed by atoms with Crippen LogP contribution in [-0.2, 0) is 16.1 Å². The predicted molar refractivity (Wildman–Crippen MR) is 113 cm³/mol. The van der Waals surface area contributed by atoms with E-state index in [0.717, 1.165) is 5.56 Å². The van der Waals surface area contributed by atoms with E-state index in [9.17, 15) is 9.59 Å². The fourth-order valence-electron chi connectivity index (χ4n) is 2.44. The molecule has 148 valence electrons. The van der Waals surface area contributed by atoms with Gasteiger partial charge in [0.05, 0.1) is 15.6 Å². The molecule has 0 saturated heterocycles. The first-order valence-corrected chi connectivity index (χ1v) is 9.46. The van der Waals surface area contributed by atoms with E-state index >= 15 is 0 Å². The second-order valence-electron chi connectivity index (χ2n) is 6.02. The fraction of sp³-hybridized carbons (Fsp3) is 0.0909. The Bertz CT molecular complexity index is 991. The first-order valence-electron chi connectivity index (χ1n) is 8.70. The maximum absolute atomic E-state index is 12.0. The van der Waals surface area contributed by atoms with Crippen molar-refractivity contribution in [2.24, 2.45) is 0 Å². The molecular formula is C22H17Cl2NO4. The highest BCUT2D eigenvalue weighted by Crippen LogP contribution is 2.26. The number of nitrogens with one attached hydrogen (secondary N) is 1. The second-order valence-corrected chi connectivity index (χ2v) is 6.81. The summed E-state index contributed by atoms with van der Waals surface area (Å²) in [7, 11) is 0. The third-order valence-corrected chi connectivity index (χ3v) is 4.71. The molecule has 29 heavy (non-hydrogen) atoms. The van der Waals surface area contributed by atoms with Crippen molar-refractivity contribution in [2.45, 2.75) is 6.61 Å². The van der Waals surface area contributed by atoms with Crippen LogP contribution in [0.25, 0.3) is 0 Å². The van der Waals surface area contributed by atoms with Crippen molar-refractivity contribution in [1.29, 1.82) is 0 Å². The molecule has 0 aliphatic carbocycles. The van der Waals surface area contributed by atoms with Gasteiger partial charge in [0.25, 0.3) is 5.91 Å². The topological polar surface area (TPSA) is 64.6 Å². The van der Waals surface area contributed by atoms with E-state index in [2.05, 4.69) is 5.32 Å². The number of hydrogen-bond acceptors (Lipinski definition) is 4. The molecule has 0 unspecified atom stereocenters. The molecule has 0 aliphatic rings. The number of ether oxygens (including phenoxy) is 2. The van der Waals surface area contributed by atoms with Crippen molar-refractivity contribution in [2.75, 3.05) is 11.9 Å². The van der Waals surface area contributed by atoms with Gasteiger partial charge in [0.2, 0.25) is 0 Å². The molecule has 0 spiro atoms. The molecule has 0 radical (unpaired) electrons. The average molecular weight is 430 g/mol. The molecular weight excluding hydrogens is 413 g/mol. The predicted octanol–water partition coefficient (Wildman–Crippen LogP) is 5.37. The lowest BCUT2D eigenvalue weighted by Crippen LogP contribution is -2.21. The van der Waals surface area contributed by atoms with Crippen LogP contribution in [0.3, 0.4) is 0 Å². The zero-order chi connectivity index (χ0) is 20.6. The van der Waals surface area contributed by atoms with E-state index in [1.54, 1.807) is 36.4 Å². The summed E-state index contributed by atoms with van der Waals surface area (Å²) >= 11 is 11.8. The normalized spacial score (nSPS) is 10.3. The number of amides is 1. The van der Waals surface area contributed by atoms with Crippen molar-refractivity contribution >= 4 is 40.8 Å². The summed E-state index contributed by atoms with van der Waals surface area (Å²) < 4.78 is 10.7. The fourth-order valence-corrected chi connectivity index (χ4v) is 2.82. The van der Waals surface area contributed by atoms with Gasteiger partial charge < -0.3 is 14.8 Å². The van der Waals surface area contributed by atoms with Crippen LogP contribution < -0.4 is 10.1 Å². The average Bonchev–Trinajstić information content (AvgIpc) is 2.74. The van der Waals surface area contributed by atoms with Crippen LogP contribution in [0.15, 0.2) is 72.8 Å². The van der Waals surface area contributed by atoms with Crippen LogP contribution in [0.1, 0.15) is 15.9 Å². The van der Waals surface area contributed by atoms with Gasteiger partial charge in [-0.3, -0.25) is 4.79 Å². The summed E-state index contributed by atoms with van der Waals surface area (Å²) in [5.74, 6) is -0.527. The molecule has 0 atom stereocenters. The molecule has 0 heterocycles. The summed E-state index contributed by atoms with van der Waals surface area (Å²) in [6.45, 7) is 0.00247. The van der Waals surface area contributed by atoms with Crippen LogP contribution in [0.5, 0.6) is 5.75 Å². The highest BCUT2D eigenvalue weighted by molar-refractivity contribution is 6.43.